The molecule has 2 rings (SSSR count). The molecule has 2 heterocycles. The second-order valence-corrected chi connectivity index (χ2v) is 6.16. The van der Waals surface area contributed by atoms with Crippen molar-refractivity contribution in [2.75, 3.05) is 19.0 Å². The molecule has 90 valence electrons. The summed E-state index contributed by atoms with van der Waals surface area (Å²) in [5.74, 6) is 0.766. The first kappa shape index (κ1) is 11.9. The van der Waals surface area contributed by atoms with E-state index in [0.29, 0.717) is 19.0 Å². The molecule has 1 aromatic heterocycles. The van der Waals surface area contributed by atoms with Gasteiger partial charge in [-0.15, -0.1) is 11.6 Å². The Morgan fingerprint density at radius 1 is 1.62 bits per heavy atom. The summed E-state index contributed by atoms with van der Waals surface area (Å²) in [6.07, 6.45) is 4.57. The van der Waals surface area contributed by atoms with E-state index in [-0.39, 0.29) is 10.9 Å². The molecule has 7 heteroatoms. The molecule has 5 nitrogen and oxygen atoms in total. The van der Waals surface area contributed by atoms with E-state index in [9.17, 15) is 8.42 Å². The summed E-state index contributed by atoms with van der Waals surface area (Å²) >= 11 is 5.78. The fraction of sp³-hybridized carbons (Fsp3) is 0.667. The highest BCUT2D eigenvalue weighted by molar-refractivity contribution is 7.89. The molecule has 1 aromatic rings. The minimum Gasteiger partial charge on any atom is -0.335 e. The maximum Gasteiger partial charge on any atom is 0.260 e. The van der Waals surface area contributed by atoms with Crippen LogP contribution in [0.2, 0.25) is 0 Å². The molecule has 1 aliphatic heterocycles. The number of aromatic amines is 1. The first-order valence-electron chi connectivity index (χ1n) is 5.19. The average Bonchev–Trinajstić information content (AvgIpc) is 2.83. The molecule has 0 saturated carbocycles. The van der Waals surface area contributed by atoms with Gasteiger partial charge in [0.15, 0.2) is 5.03 Å². The van der Waals surface area contributed by atoms with E-state index < -0.39 is 10.0 Å². The van der Waals surface area contributed by atoms with Gasteiger partial charge in [-0.2, -0.15) is 4.31 Å². The smallest absolute Gasteiger partial charge is 0.260 e. The number of imidazole rings is 1. The van der Waals surface area contributed by atoms with Gasteiger partial charge in [0.1, 0.15) is 0 Å². The molecule has 1 saturated heterocycles. The van der Waals surface area contributed by atoms with Crippen molar-refractivity contribution in [1.29, 1.82) is 0 Å². The van der Waals surface area contributed by atoms with Crippen LogP contribution in [0.4, 0.5) is 0 Å². The SMILES string of the molecule is O=S(=O)(c1cnc[nH]1)N1CCCC(CCl)C1. The molecule has 0 aromatic carbocycles. The predicted molar refractivity (Wildman–Crippen MR) is 60.8 cm³/mol. The zero-order valence-electron chi connectivity index (χ0n) is 8.76. The van der Waals surface area contributed by atoms with Crippen LogP contribution in [-0.4, -0.2) is 41.7 Å². The molecule has 0 aliphatic carbocycles. The van der Waals surface area contributed by atoms with Gasteiger partial charge in [-0.1, -0.05) is 0 Å². The maximum absolute atomic E-state index is 12.1. The summed E-state index contributed by atoms with van der Waals surface area (Å²) in [6.45, 7) is 1.07. The van der Waals surface area contributed by atoms with E-state index >= 15 is 0 Å². The lowest BCUT2D eigenvalue weighted by atomic mass is 10.0. The number of alkyl halides is 1. The molecule has 16 heavy (non-hydrogen) atoms. The van der Waals surface area contributed by atoms with Gasteiger partial charge >= 0.3 is 0 Å². The van der Waals surface area contributed by atoms with Crippen LogP contribution in [0, 0.1) is 5.92 Å². The number of aromatic nitrogens is 2. The van der Waals surface area contributed by atoms with E-state index in [1.54, 1.807) is 0 Å². The molecule has 0 bridgehead atoms. The van der Waals surface area contributed by atoms with Crippen molar-refractivity contribution in [2.45, 2.75) is 17.9 Å². The first-order valence-corrected chi connectivity index (χ1v) is 7.16. The second kappa shape index (κ2) is 4.73. The van der Waals surface area contributed by atoms with Crippen molar-refractivity contribution in [1.82, 2.24) is 14.3 Å². The lowest BCUT2D eigenvalue weighted by Gasteiger charge is -2.30. The monoisotopic (exact) mass is 263 g/mol. The van der Waals surface area contributed by atoms with Crippen LogP contribution < -0.4 is 0 Å². The first-order chi connectivity index (χ1) is 7.64. The normalized spacial score (nSPS) is 23.4. The summed E-state index contributed by atoms with van der Waals surface area (Å²) in [4.78, 5) is 6.37. The minimum absolute atomic E-state index is 0.155. The molecule has 0 amide bonds. The third-order valence-corrected chi connectivity index (χ3v) is 5.02. The zero-order chi connectivity index (χ0) is 11.6. The number of nitrogens with zero attached hydrogens (tertiary/aromatic N) is 2. The molecule has 1 unspecified atom stereocenters. The van der Waals surface area contributed by atoms with Crippen molar-refractivity contribution in [2.24, 2.45) is 5.92 Å². The molecular formula is C9H14ClN3O2S. The van der Waals surface area contributed by atoms with Crippen molar-refractivity contribution < 1.29 is 8.42 Å². The van der Waals surface area contributed by atoms with Gasteiger partial charge in [-0.3, -0.25) is 0 Å². The fourth-order valence-corrected chi connectivity index (χ4v) is 3.60. The van der Waals surface area contributed by atoms with Crippen molar-refractivity contribution in [3.8, 4) is 0 Å². The maximum atomic E-state index is 12.1. The highest BCUT2D eigenvalue weighted by atomic mass is 35.5. The van der Waals surface area contributed by atoms with Crippen LogP contribution in [0.1, 0.15) is 12.8 Å². The van der Waals surface area contributed by atoms with Crippen LogP contribution in [0.15, 0.2) is 17.6 Å². The number of nitrogens with one attached hydrogen (secondary N) is 1. The quantitative estimate of drug-likeness (QED) is 0.829. The molecule has 1 fully saturated rings. The van der Waals surface area contributed by atoms with E-state index in [4.69, 9.17) is 11.6 Å². The summed E-state index contributed by atoms with van der Waals surface area (Å²) in [7, 11) is -3.41. The lowest BCUT2D eigenvalue weighted by Crippen LogP contribution is -2.40. The number of rotatable bonds is 3. The van der Waals surface area contributed by atoms with E-state index in [1.807, 2.05) is 0 Å². The molecule has 0 radical (unpaired) electrons. The van der Waals surface area contributed by atoms with E-state index in [0.717, 1.165) is 12.8 Å². The predicted octanol–water partition coefficient (Wildman–Crippen LogP) is 1.05. The Hall–Kier alpha value is -0.590. The Morgan fingerprint density at radius 3 is 3.06 bits per heavy atom. The van der Waals surface area contributed by atoms with Gasteiger partial charge in [-0.25, -0.2) is 13.4 Å². The lowest BCUT2D eigenvalue weighted by molar-refractivity contribution is 0.283. The Labute approximate surface area is 99.9 Å². The molecule has 1 atom stereocenters. The summed E-state index contributed by atoms with van der Waals surface area (Å²) in [5.41, 5.74) is 0. The Balaban J connectivity index is 2.18. The number of piperidine rings is 1. The van der Waals surface area contributed by atoms with Gasteiger partial charge in [0, 0.05) is 19.0 Å². The van der Waals surface area contributed by atoms with Gasteiger partial charge in [-0.05, 0) is 18.8 Å². The summed E-state index contributed by atoms with van der Waals surface area (Å²) in [5, 5.41) is 0.155. The van der Waals surface area contributed by atoms with Crippen LogP contribution >= 0.6 is 11.6 Å². The molecular weight excluding hydrogens is 250 g/mol. The van der Waals surface area contributed by atoms with Crippen molar-refractivity contribution in [3.63, 3.8) is 0 Å². The fourth-order valence-electron chi connectivity index (χ4n) is 1.89. The number of hydrogen-bond acceptors (Lipinski definition) is 3. The summed E-state index contributed by atoms with van der Waals surface area (Å²) in [6, 6.07) is 0. The molecule has 0 spiro atoms. The highest BCUT2D eigenvalue weighted by Crippen LogP contribution is 2.23. The van der Waals surface area contributed by atoms with Gasteiger partial charge in [0.25, 0.3) is 10.0 Å². The van der Waals surface area contributed by atoms with Crippen LogP contribution in [-0.2, 0) is 10.0 Å². The van der Waals surface area contributed by atoms with Gasteiger partial charge in [0.05, 0.1) is 12.5 Å². The van der Waals surface area contributed by atoms with Gasteiger partial charge in [0.2, 0.25) is 0 Å². The van der Waals surface area contributed by atoms with Crippen LogP contribution in [0.5, 0.6) is 0 Å². The number of sulfonamides is 1. The van der Waals surface area contributed by atoms with Crippen molar-refractivity contribution in [3.05, 3.63) is 12.5 Å². The Kier molecular flexibility index (Phi) is 3.51. The topological polar surface area (TPSA) is 66.1 Å². The second-order valence-electron chi connectivity index (χ2n) is 3.94. The number of hydrogen-bond donors (Lipinski definition) is 1. The highest BCUT2D eigenvalue weighted by Gasteiger charge is 2.30. The molecule has 1 N–H and O–H groups in total. The largest absolute Gasteiger partial charge is 0.335 e. The third kappa shape index (κ3) is 2.23. The summed E-state index contributed by atoms with van der Waals surface area (Å²) < 4.78 is 25.7. The Morgan fingerprint density at radius 2 is 2.44 bits per heavy atom. The minimum atomic E-state index is -3.41. The van der Waals surface area contributed by atoms with E-state index in [2.05, 4.69) is 9.97 Å². The van der Waals surface area contributed by atoms with Crippen molar-refractivity contribution >= 4 is 21.6 Å². The average molecular weight is 264 g/mol. The third-order valence-electron chi connectivity index (χ3n) is 2.79. The Bertz CT molecular complexity index is 432. The van der Waals surface area contributed by atoms with Gasteiger partial charge < -0.3 is 4.98 Å². The zero-order valence-corrected chi connectivity index (χ0v) is 10.3. The standard InChI is InChI=1S/C9H14ClN3O2S/c10-4-8-2-1-3-13(6-8)16(14,15)9-5-11-7-12-9/h5,7-8H,1-4,6H2,(H,11,12). The number of H-pyrrole nitrogens is 1. The van der Waals surface area contributed by atoms with E-state index in [1.165, 1.54) is 16.8 Å². The van der Waals surface area contributed by atoms with Crippen LogP contribution in [0.3, 0.4) is 0 Å². The number of halogens is 1. The van der Waals surface area contributed by atoms with Crippen LogP contribution in [0.25, 0.3) is 0 Å². The molecule has 1 aliphatic rings.